The Hall–Kier alpha value is -1.44. The van der Waals surface area contributed by atoms with Crippen molar-refractivity contribution >= 4 is 40.4 Å². The molecule has 0 unspecified atom stereocenters. The van der Waals surface area contributed by atoms with Crippen molar-refractivity contribution in [2.75, 3.05) is 6.54 Å². The van der Waals surface area contributed by atoms with Crippen molar-refractivity contribution in [2.45, 2.75) is 19.3 Å². The Bertz CT molecular complexity index is 556. The van der Waals surface area contributed by atoms with Crippen molar-refractivity contribution in [2.24, 2.45) is 0 Å². The summed E-state index contributed by atoms with van der Waals surface area (Å²) in [4.78, 5) is 35.7. The zero-order valence-electron chi connectivity index (χ0n) is 10.1. The van der Waals surface area contributed by atoms with Crippen LogP contribution in [-0.4, -0.2) is 34.3 Å². The highest BCUT2D eigenvalue weighted by Crippen LogP contribution is 2.24. The van der Waals surface area contributed by atoms with Crippen molar-refractivity contribution in [3.63, 3.8) is 0 Å². The van der Waals surface area contributed by atoms with Gasteiger partial charge in [-0.3, -0.25) is 19.3 Å². The van der Waals surface area contributed by atoms with E-state index in [2.05, 4.69) is 22.6 Å². The number of hydrogen-bond acceptors (Lipinski definition) is 3. The van der Waals surface area contributed by atoms with Crippen LogP contribution in [0.3, 0.4) is 0 Å². The van der Waals surface area contributed by atoms with Crippen LogP contribution in [-0.2, 0) is 4.79 Å². The molecule has 0 bridgehead atoms. The quantitative estimate of drug-likeness (QED) is 0.488. The molecule has 0 radical (unpaired) electrons. The van der Waals surface area contributed by atoms with Crippen LogP contribution in [0.25, 0.3) is 0 Å². The maximum absolute atomic E-state index is 12.1. The predicted molar refractivity (Wildman–Crippen MR) is 76.0 cm³/mol. The first-order chi connectivity index (χ1) is 9.00. The normalized spacial score (nSPS) is 13.8. The Kier molecular flexibility index (Phi) is 4.18. The van der Waals surface area contributed by atoms with Crippen LogP contribution in [0, 0.1) is 3.57 Å². The first-order valence-electron chi connectivity index (χ1n) is 5.88. The van der Waals surface area contributed by atoms with Crippen LogP contribution in [0.1, 0.15) is 40.0 Å². The molecule has 19 heavy (non-hydrogen) atoms. The van der Waals surface area contributed by atoms with Gasteiger partial charge in [-0.1, -0.05) is 0 Å². The molecular weight excluding hydrogens is 361 g/mol. The average Bonchev–Trinajstić information content (AvgIpc) is 2.58. The summed E-state index contributed by atoms with van der Waals surface area (Å²) in [5.74, 6) is -1.43. The fourth-order valence-electron chi connectivity index (χ4n) is 2.01. The first kappa shape index (κ1) is 14.0. The molecule has 2 rings (SSSR count). The van der Waals surface area contributed by atoms with Crippen LogP contribution < -0.4 is 0 Å². The summed E-state index contributed by atoms with van der Waals surface area (Å²) in [6, 6.07) is 5.15. The number of benzene rings is 1. The number of fused-ring (bicyclic) bond motifs is 1. The van der Waals surface area contributed by atoms with E-state index >= 15 is 0 Å². The molecule has 1 aliphatic heterocycles. The van der Waals surface area contributed by atoms with E-state index in [9.17, 15) is 14.4 Å². The van der Waals surface area contributed by atoms with Crippen molar-refractivity contribution in [3.8, 4) is 0 Å². The smallest absolute Gasteiger partial charge is 0.303 e. The van der Waals surface area contributed by atoms with Crippen molar-refractivity contribution in [1.82, 2.24) is 4.90 Å². The van der Waals surface area contributed by atoms with Gasteiger partial charge in [-0.25, -0.2) is 0 Å². The van der Waals surface area contributed by atoms with Gasteiger partial charge in [-0.15, -0.1) is 0 Å². The van der Waals surface area contributed by atoms with Gasteiger partial charge in [0.15, 0.2) is 0 Å². The maximum atomic E-state index is 12.1. The topological polar surface area (TPSA) is 74.7 Å². The fourth-order valence-corrected chi connectivity index (χ4v) is 2.50. The molecular formula is C13H12INO4. The third-order valence-corrected chi connectivity index (χ3v) is 3.63. The van der Waals surface area contributed by atoms with E-state index in [1.807, 2.05) is 0 Å². The van der Waals surface area contributed by atoms with Crippen LogP contribution >= 0.6 is 22.6 Å². The van der Waals surface area contributed by atoms with E-state index in [0.717, 1.165) is 3.57 Å². The molecule has 1 aliphatic rings. The molecule has 100 valence electrons. The number of nitrogens with zero attached hydrogens (tertiary/aromatic N) is 1. The number of aliphatic carboxylic acids is 1. The summed E-state index contributed by atoms with van der Waals surface area (Å²) in [5.41, 5.74) is 0.874. The van der Waals surface area contributed by atoms with E-state index < -0.39 is 5.97 Å². The second kappa shape index (κ2) is 5.68. The highest BCUT2D eigenvalue weighted by Gasteiger charge is 2.34. The molecule has 0 saturated heterocycles. The molecule has 0 spiro atoms. The van der Waals surface area contributed by atoms with Crippen molar-refractivity contribution in [1.29, 1.82) is 0 Å². The number of carboxylic acid groups (broad SMARTS) is 1. The van der Waals surface area contributed by atoms with Crippen LogP contribution in [0.4, 0.5) is 0 Å². The Morgan fingerprint density at radius 1 is 1.16 bits per heavy atom. The van der Waals surface area contributed by atoms with Gasteiger partial charge in [-0.2, -0.15) is 0 Å². The second-order valence-corrected chi connectivity index (χ2v) is 5.55. The summed E-state index contributed by atoms with van der Waals surface area (Å²) >= 11 is 2.09. The Balaban J connectivity index is 2.04. The van der Waals surface area contributed by atoms with E-state index in [1.165, 1.54) is 4.90 Å². The van der Waals surface area contributed by atoms with Gasteiger partial charge in [-0.05, 0) is 53.6 Å². The Morgan fingerprint density at radius 3 is 2.53 bits per heavy atom. The number of unbranched alkanes of at least 4 members (excludes halogenated alkanes) is 1. The van der Waals surface area contributed by atoms with Gasteiger partial charge in [0.1, 0.15) is 0 Å². The number of amides is 2. The fraction of sp³-hybridized carbons (Fsp3) is 0.308. The molecule has 0 fully saturated rings. The lowest BCUT2D eigenvalue weighted by Crippen LogP contribution is -2.30. The van der Waals surface area contributed by atoms with Crippen molar-refractivity contribution in [3.05, 3.63) is 32.9 Å². The Morgan fingerprint density at radius 2 is 1.84 bits per heavy atom. The molecule has 1 aromatic carbocycles. The minimum Gasteiger partial charge on any atom is -0.481 e. The zero-order chi connectivity index (χ0) is 14.0. The lowest BCUT2D eigenvalue weighted by atomic mass is 10.1. The minimum atomic E-state index is -0.864. The monoisotopic (exact) mass is 373 g/mol. The molecule has 5 nitrogen and oxygen atoms in total. The number of rotatable bonds is 5. The number of imide groups is 1. The van der Waals surface area contributed by atoms with E-state index in [0.29, 0.717) is 24.0 Å². The molecule has 0 saturated carbocycles. The molecule has 6 heteroatoms. The average molecular weight is 373 g/mol. The summed E-state index contributed by atoms with van der Waals surface area (Å²) in [6.07, 6.45) is 1.02. The first-order valence-corrected chi connectivity index (χ1v) is 6.96. The lowest BCUT2D eigenvalue weighted by molar-refractivity contribution is -0.137. The maximum Gasteiger partial charge on any atom is 0.303 e. The summed E-state index contributed by atoms with van der Waals surface area (Å²) in [6.45, 7) is 0.274. The van der Waals surface area contributed by atoms with Gasteiger partial charge in [0, 0.05) is 16.5 Å². The SMILES string of the molecule is O=C(O)CCCCN1C(=O)c2ccc(I)cc2C1=O. The zero-order valence-corrected chi connectivity index (χ0v) is 12.2. The van der Waals surface area contributed by atoms with Crippen LogP contribution in [0.5, 0.6) is 0 Å². The molecule has 0 aliphatic carbocycles. The number of carbonyl (C=O) groups excluding carboxylic acids is 2. The largest absolute Gasteiger partial charge is 0.481 e. The Labute approximate surface area is 123 Å². The number of carbonyl (C=O) groups is 3. The number of halogens is 1. The molecule has 0 aromatic heterocycles. The van der Waals surface area contributed by atoms with Gasteiger partial charge in [0.2, 0.25) is 0 Å². The molecule has 1 N–H and O–H groups in total. The third kappa shape index (κ3) is 2.94. The van der Waals surface area contributed by atoms with Crippen molar-refractivity contribution < 1.29 is 19.5 Å². The summed E-state index contributed by atoms with van der Waals surface area (Å²) in [7, 11) is 0. The van der Waals surface area contributed by atoms with Crippen LogP contribution in [0.2, 0.25) is 0 Å². The van der Waals surface area contributed by atoms with Gasteiger partial charge >= 0.3 is 5.97 Å². The minimum absolute atomic E-state index is 0.0566. The molecule has 2 amide bonds. The lowest BCUT2D eigenvalue weighted by Gasteiger charge is -2.12. The summed E-state index contributed by atoms with van der Waals surface area (Å²) < 4.78 is 0.908. The van der Waals surface area contributed by atoms with E-state index in [1.54, 1.807) is 18.2 Å². The predicted octanol–water partition coefficient (Wildman–Crippen LogP) is 2.14. The highest BCUT2D eigenvalue weighted by atomic mass is 127. The highest BCUT2D eigenvalue weighted by molar-refractivity contribution is 14.1. The van der Waals surface area contributed by atoms with Gasteiger partial charge in [0.05, 0.1) is 11.1 Å². The van der Waals surface area contributed by atoms with E-state index in [-0.39, 0.29) is 24.8 Å². The van der Waals surface area contributed by atoms with Gasteiger partial charge < -0.3 is 5.11 Å². The second-order valence-electron chi connectivity index (χ2n) is 4.30. The van der Waals surface area contributed by atoms with Gasteiger partial charge in [0.25, 0.3) is 11.8 Å². The number of carboxylic acids is 1. The standard InChI is InChI=1S/C13H12INO4/c14-8-4-5-9-10(7-8)13(19)15(12(9)18)6-2-1-3-11(16)17/h4-5,7H,1-3,6H2,(H,16,17). The molecule has 0 atom stereocenters. The van der Waals surface area contributed by atoms with E-state index in [4.69, 9.17) is 5.11 Å². The summed E-state index contributed by atoms with van der Waals surface area (Å²) in [5, 5.41) is 8.53. The molecule has 1 heterocycles. The number of hydrogen-bond donors (Lipinski definition) is 1. The third-order valence-electron chi connectivity index (χ3n) is 2.96. The van der Waals surface area contributed by atoms with Crippen LogP contribution in [0.15, 0.2) is 18.2 Å². The molecule has 1 aromatic rings.